The van der Waals surface area contributed by atoms with Crippen LogP contribution in [-0.4, -0.2) is 27.2 Å². The van der Waals surface area contributed by atoms with Gasteiger partial charge in [0.25, 0.3) is 0 Å². The van der Waals surface area contributed by atoms with E-state index in [-0.39, 0.29) is 5.91 Å². The number of aromatic nitrogens is 3. The van der Waals surface area contributed by atoms with Crippen LogP contribution in [0.5, 0.6) is 0 Å². The molecule has 0 fully saturated rings. The average Bonchev–Trinajstić information content (AvgIpc) is 3.54. The molecule has 2 N–H and O–H groups in total. The molecule has 1 aliphatic heterocycles. The normalized spacial score (nSPS) is 14.3. The van der Waals surface area contributed by atoms with E-state index >= 15 is 0 Å². The number of rotatable bonds is 5. The Kier molecular flexibility index (Phi) is 5.47. The van der Waals surface area contributed by atoms with E-state index in [2.05, 4.69) is 44.0 Å². The predicted octanol–water partition coefficient (Wildman–Crippen LogP) is 5.49. The Morgan fingerprint density at radius 2 is 2.03 bits per heavy atom. The fraction of sp³-hybridized carbons (Fsp3) is 0.227. The molecule has 0 radical (unpaired) electrons. The molecule has 0 bridgehead atoms. The molecule has 158 valence electrons. The second-order valence-electron chi connectivity index (χ2n) is 7.45. The summed E-state index contributed by atoms with van der Waals surface area (Å²) in [7, 11) is 0. The van der Waals surface area contributed by atoms with Gasteiger partial charge in [-0.25, -0.2) is 0 Å². The topological polar surface area (TPSA) is 66.0 Å². The van der Waals surface area contributed by atoms with E-state index in [1.54, 1.807) is 15.9 Å². The van der Waals surface area contributed by atoms with Crippen molar-refractivity contribution < 1.29 is 4.79 Å². The molecule has 4 aromatic rings. The van der Waals surface area contributed by atoms with Crippen molar-refractivity contribution >= 4 is 52.2 Å². The summed E-state index contributed by atoms with van der Waals surface area (Å²) in [6.45, 7) is 3.78. The highest BCUT2D eigenvalue weighted by molar-refractivity contribution is 7.71. The number of thiophene rings is 2. The van der Waals surface area contributed by atoms with Crippen LogP contribution in [0.3, 0.4) is 0 Å². The van der Waals surface area contributed by atoms with E-state index in [0.29, 0.717) is 10.6 Å². The van der Waals surface area contributed by atoms with Crippen LogP contribution >= 0.6 is 34.9 Å². The van der Waals surface area contributed by atoms with Crippen LogP contribution < -0.4 is 10.2 Å². The fourth-order valence-electron chi connectivity index (χ4n) is 3.83. The van der Waals surface area contributed by atoms with Crippen LogP contribution in [0.2, 0.25) is 0 Å². The molecular weight excluding hydrogens is 446 g/mol. The van der Waals surface area contributed by atoms with Crippen molar-refractivity contribution in [1.29, 1.82) is 0 Å². The highest BCUT2D eigenvalue weighted by Gasteiger charge is 2.22. The number of hydrogen-bond acceptors (Lipinski definition) is 6. The zero-order chi connectivity index (χ0) is 21.4. The first-order chi connectivity index (χ1) is 15.1. The summed E-state index contributed by atoms with van der Waals surface area (Å²) in [5.41, 5.74) is 3.35. The molecule has 5 rings (SSSR count). The van der Waals surface area contributed by atoms with Crippen molar-refractivity contribution in [2.24, 2.45) is 0 Å². The number of carbonyl (C=O) groups excluding carboxylic acids is 1. The van der Waals surface area contributed by atoms with Crippen molar-refractivity contribution in [1.82, 2.24) is 14.8 Å². The van der Waals surface area contributed by atoms with E-state index in [4.69, 9.17) is 12.2 Å². The maximum Gasteiger partial charge on any atom is 0.247 e. The molecular formula is C22H21N5OS3. The number of hydrogen-bond donors (Lipinski definition) is 2. The Morgan fingerprint density at radius 3 is 2.81 bits per heavy atom. The van der Waals surface area contributed by atoms with E-state index < -0.39 is 6.04 Å². The van der Waals surface area contributed by atoms with Gasteiger partial charge in [-0.05, 0) is 78.3 Å². The molecule has 1 unspecified atom stereocenters. The standard InChI is InChI=1S/C22H21N5OS3/c1-14(27-20(24-25-22(27)29)19-3-2-11-30-19)21(28)23-16-4-6-17(7-5-16)26-10-8-18-15(13-26)9-12-31-18/h2-7,9,11-12,14H,8,10,13H2,1H3,(H,23,28)(H,25,29). The van der Waals surface area contributed by atoms with Gasteiger partial charge in [0, 0.05) is 29.3 Å². The van der Waals surface area contributed by atoms with Crippen LogP contribution in [0.15, 0.2) is 53.2 Å². The zero-order valence-corrected chi connectivity index (χ0v) is 19.3. The highest BCUT2D eigenvalue weighted by atomic mass is 32.1. The van der Waals surface area contributed by atoms with Crippen molar-refractivity contribution in [2.45, 2.75) is 25.9 Å². The summed E-state index contributed by atoms with van der Waals surface area (Å²) >= 11 is 8.79. The van der Waals surface area contributed by atoms with Gasteiger partial charge in [0.2, 0.25) is 5.91 Å². The minimum Gasteiger partial charge on any atom is -0.367 e. The molecule has 4 heterocycles. The zero-order valence-electron chi connectivity index (χ0n) is 16.9. The second kappa shape index (κ2) is 8.41. The average molecular weight is 468 g/mol. The van der Waals surface area contributed by atoms with Crippen molar-refractivity contribution in [3.05, 3.63) is 68.4 Å². The van der Waals surface area contributed by atoms with Crippen molar-refractivity contribution in [2.75, 3.05) is 16.8 Å². The summed E-state index contributed by atoms with van der Waals surface area (Å²) in [5, 5.41) is 14.3. The molecule has 0 aliphatic carbocycles. The maximum absolute atomic E-state index is 13.0. The number of amides is 1. The van der Waals surface area contributed by atoms with Crippen LogP contribution in [0.25, 0.3) is 10.7 Å². The van der Waals surface area contributed by atoms with Crippen LogP contribution in [0, 0.1) is 4.77 Å². The highest BCUT2D eigenvalue weighted by Crippen LogP contribution is 2.29. The lowest BCUT2D eigenvalue weighted by Crippen LogP contribution is -2.29. The van der Waals surface area contributed by atoms with Crippen molar-refractivity contribution in [3.8, 4) is 10.7 Å². The molecule has 6 nitrogen and oxygen atoms in total. The molecule has 9 heteroatoms. The van der Waals surface area contributed by atoms with E-state index in [1.807, 2.05) is 47.9 Å². The summed E-state index contributed by atoms with van der Waals surface area (Å²) in [4.78, 5) is 17.8. The number of anilines is 2. The Balaban J connectivity index is 1.29. The summed E-state index contributed by atoms with van der Waals surface area (Å²) in [6, 6.07) is 13.7. The van der Waals surface area contributed by atoms with Crippen LogP contribution in [0.1, 0.15) is 23.4 Å². The first-order valence-electron chi connectivity index (χ1n) is 10.0. The third-order valence-corrected chi connectivity index (χ3v) is 7.70. The fourth-order valence-corrected chi connectivity index (χ4v) is 5.72. The van der Waals surface area contributed by atoms with Crippen LogP contribution in [-0.2, 0) is 17.8 Å². The summed E-state index contributed by atoms with van der Waals surface area (Å²) < 4.78 is 2.19. The number of H-pyrrole nitrogens is 1. The predicted molar refractivity (Wildman–Crippen MR) is 130 cm³/mol. The maximum atomic E-state index is 13.0. The molecule has 0 saturated carbocycles. The molecule has 3 aromatic heterocycles. The number of nitrogens with zero attached hydrogens (tertiary/aromatic N) is 3. The molecule has 0 saturated heterocycles. The number of aromatic amines is 1. The van der Waals surface area contributed by atoms with Gasteiger partial charge in [-0.15, -0.1) is 22.7 Å². The van der Waals surface area contributed by atoms with Gasteiger partial charge in [-0.1, -0.05) is 6.07 Å². The number of fused-ring (bicyclic) bond motifs is 1. The van der Waals surface area contributed by atoms with Gasteiger partial charge in [0.05, 0.1) is 4.88 Å². The lowest BCUT2D eigenvalue weighted by atomic mass is 10.1. The number of carbonyl (C=O) groups is 1. The van der Waals surface area contributed by atoms with Gasteiger partial charge >= 0.3 is 0 Å². The molecule has 0 spiro atoms. The van der Waals surface area contributed by atoms with Gasteiger partial charge in [0.1, 0.15) is 6.04 Å². The third-order valence-electron chi connectivity index (χ3n) is 5.52. The minimum atomic E-state index is -0.498. The first kappa shape index (κ1) is 20.2. The van der Waals surface area contributed by atoms with Crippen LogP contribution in [0.4, 0.5) is 11.4 Å². The lowest BCUT2D eigenvalue weighted by Gasteiger charge is -2.29. The van der Waals surface area contributed by atoms with E-state index in [1.165, 1.54) is 16.1 Å². The molecule has 31 heavy (non-hydrogen) atoms. The Morgan fingerprint density at radius 1 is 1.19 bits per heavy atom. The molecule has 1 aromatic carbocycles. The lowest BCUT2D eigenvalue weighted by molar-refractivity contribution is -0.118. The van der Waals surface area contributed by atoms with Gasteiger partial charge in [-0.3, -0.25) is 14.5 Å². The summed E-state index contributed by atoms with van der Waals surface area (Å²) in [6.07, 6.45) is 1.08. The smallest absolute Gasteiger partial charge is 0.247 e. The Hall–Kier alpha value is -2.75. The second-order valence-corrected chi connectivity index (χ2v) is 9.79. The molecule has 1 atom stereocenters. The monoisotopic (exact) mass is 467 g/mol. The van der Waals surface area contributed by atoms with Crippen molar-refractivity contribution in [3.63, 3.8) is 0 Å². The summed E-state index contributed by atoms with van der Waals surface area (Å²) in [5.74, 6) is 0.542. The Bertz CT molecular complexity index is 1250. The third kappa shape index (κ3) is 3.96. The number of benzene rings is 1. The molecule has 1 aliphatic rings. The first-order valence-corrected chi connectivity index (χ1v) is 12.2. The SMILES string of the molecule is CC(C(=O)Nc1ccc(N2CCc3sccc3C2)cc1)n1c(-c2cccs2)n[nH]c1=S. The molecule has 1 amide bonds. The largest absolute Gasteiger partial charge is 0.367 e. The van der Waals surface area contributed by atoms with Gasteiger partial charge in [0.15, 0.2) is 10.6 Å². The minimum absolute atomic E-state index is 0.135. The van der Waals surface area contributed by atoms with Gasteiger partial charge in [-0.2, -0.15) is 5.10 Å². The number of nitrogens with one attached hydrogen (secondary N) is 2. The van der Waals surface area contributed by atoms with Gasteiger partial charge < -0.3 is 10.2 Å². The Labute approximate surface area is 193 Å². The quantitative estimate of drug-likeness (QED) is 0.381. The van der Waals surface area contributed by atoms with E-state index in [9.17, 15) is 4.79 Å². The van der Waals surface area contributed by atoms with E-state index in [0.717, 1.165) is 30.1 Å².